The molecular formula is C29H28I2N2O6. The zero-order valence-corrected chi connectivity index (χ0v) is 25.6. The van der Waals surface area contributed by atoms with E-state index >= 15 is 0 Å². The second-order valence-electron chi connectivity index (χ2n) is 9.18. The minimum atomic E-state index is -1.74. The first-order valence-corrected chi connectivity index (χ1v) is 14.4. The van der Waals surface area contributed by atoms with Gasteiger partial charge >= 0.3 is 0 Å². The van der Waals surface area contributed by atoms with E-state index in [1.165, 1.54) is 10.9 Å². The summed E-state index contributed by atoms with van der Waals surface area (Å²) in [5, 5.41) is 22.3. The Morgan fingerprint density at radius 1 is 0.923 bits per heavy atom. The van der Waals surface area contributed by atoms with Crippen LogP contribution in [-0.2, 0) is 21.0 Å². The van der Waals surface area contributed by atoms with Gasteiger partial charge in [-0.05, 0) is 86.1 Å². The van der Waals surface area contributed by atoms with E-state index in [2.05, 4.69) is 50.2 Å². The van der Waals surface area contributed by atoms with Crippen LogP contribution in [-0.4, -0.2) is 52.8 Å². The van der Waals surface area contributed by atoms with Crippen LogP contribution in [0.3, 0.4) is 0 Å². The van der Waals surface area contributed by atoms with Crippen molar-refractivity contribution in [1.82, 2.24) is 9.55 Å². The fraction of sp³-hybridized carbons (Fsp3) is 0.276. The Kier molecular flexibility index (Phi) is 8.50. The normalized spacial score (nSPS) is 21.2. The molecule has 0 aliphatic carbocycles. The van der Waals surface area contributed by atoms with Gasteiger partial charge in [0, 0.05) is 0 Å². The van der Waals surface area contributed by atoms with Gasteiger partial charge in [0.2, 0.25) is 0 Å². The molecule has 1 saturated heterocycles. The van der Waals surface area contributed by atoms with Crippen LogP contribution >= 0.6 is 45.2 Å². The molecule has 1 fully saturated rings. The highest BCUT2D eigenvalue weighted by atomic mass is 127. The number of ether oxygens (including phenoxy) is 4. The molecule has 0 amide bonds. The van der Waals surface area contributed by atoms with Crippen LogP contribution in [0, 0.1) is 7.40 Å². The number of nitrogens with zero attached hydrogens (tertiary/aromatic N) is 2. The first-order valence-electron chi connectivity index (χ1n) is 12.3. The van der Waals surface area contributed by atoms with Crippen LogP contribution in [0.1, 0.15) is 23.1 Å². The number of aromatic nitrogens is 2. The van der Waals surface area contributed by atoms with Gasteiger partial charge in [-0.25, -0.2) is 4.98 Å². The van der Waals surface area contributed by atoms with Crippen molar-refractivity contribution in [2.45, 2.75) is 30.1 Å². The van der Waals surface area contributed by atoms with Gasteiger partial charge in [-0.2, -0.15) is 0 Å². The van der Waals surface area contributed by atoms with Crippen LogP contribution in [0.25, 0.3) is 0 Å². The molecule has 204 valence electrons. The van der Waals surface area contributed by atoms with Crippen LogP contribution in [0.2, 0.25) is 0 Å². The molecule has 0 spiro atoms. The number of aliphatic hydroxyl groups excluding tert-OH is 1. The Bertz CT molecular complexity index is 1350. The predicted octanol–water partition coefficient (Wildman–Crippen LogP) is 4.87. The molecule has 0 saturated carbocycles. The van der Waals surface area contributed by atoms with Crippen molar-refractivity contribution >= 4 is 45.2 Å². The van der Waals surface area contributed by atoms with Crippen molar-refractivity contribution in [2.24, 2.45) is 0 Å². The van der Waals surface area contributed by atoms with Gasteiger partial charge in [-0.1, -0.05) is 54.6 Å². The Hall–Kier alpha value is -2.23. The van der Waals surface area contributed by atoms with Gasteiger partial charge in [-0.3, -0.25) is 4.57 Å². The minimum Gasteiger partial charge on any atom is -0.497 e. The average Bonchev–Trinajstić information content (AvgIpc) is 3.47. The number of hydrogen-bond donors (Lipinski definition) is 2. The summed E-state index contributed by atoms with van der Waals surface area (Å²) in [6.45, 7) is -0.00119. The van der Waals surface area contributed by atoms with Gasteiger partial charge in [0.1, 0.15) is 36.9 Å². The van der Waals surface area contributed by atoms with Gasteiger partial charge in [-0.15, -0.1) is 0 Å². The number of methoxy groups -OCH3 is 2. The van der Waals surface area contributed by atoms with Gasteiger partial charge in [0.25, 0.3) is 5.91 Å². The van der Waals surface area contributed by atoms with Gasteiger partial charge < -0.3 is 29.2 Å². The fourth-order valence-electron chi connectivity index (χ4n) is 4.91. The predicted molar refractivity (Wildman–Crippen MR) is 162 cm³/mol. The Balaban J connectivity index is 1.56. The number of halogens is 2. The number of aliphatic hydroxyl groups is 2. The van der Waals surface area contributed by atoms with E-state index < -0.39 is 23.7 Å². The molecule has 4 aromatic rings. The molecule has 1 aliphatic rings. The molecule has 8 nitrogen and oxygen atoms in total. The third kappa shape index (κ3) is 5.42. The first kappa shape index (κ1) is 28.3. The molecule has 2 N–H and O–H groups in total. The first-order chi connectivity index (χ1) is 18.8. The largest absolute Gasteiger partial charge is 0.497 e. The third-order valence-electron chi connectivity index (χ3n) is 6.93. The van der Waals surface area contributed by atoms with E-state index in [1.807, 2.05) is 78.9 Å². The highest BCUT2D eigenvalue weighted by molar-refractivity contribution is 14.1. The molecule has 0 radical (unpaired) electrons. The second-order valence-corrected chi connectivity index (χ2v) is 11.2. The average molecular weight is 754 g/mol. The van der Waals surface area contributed by atoms with Crippen LogP contribution in [0.4, 0.5) is 0 Å². The van der Waals surface area contributed by atoms with Crippen LogP contribution < -0.4 is 9.47 Å². The van der Waals surface area contributed by atoms with Crippen molar-refractivity contribution in [3.05, 3.63) is 109 Å². The Morgan fingerprint density at radius 2 is 1.46 bits per heavy atom. The number of hydrogen-bond acceptors (Lipinski definition) is 7. The van der Waals surface area contributed by atoms with Crippen molar-refractivity contribution in [2.75, 3.05) is 20.8 Å². The standard InChI is InChI=1S/C29H28I2N2O6/c1-36-22-12-8-20(9-13-22)29(19-6-4-3-5-7-19,21-10-14-23(37-2)15-11-21)38-17-25-24(34)16-28(35,39-25)33-18-32-26(30)27(33)31/h3-15,18,24-25,34-35H,16-17H2,1-2H3/t24-,25+,28-/m0/s1. The molecule has 5 rings (SSSR count). The summed E-state index contributed by atoms with van der Waals surface area (Å²) in [6.07, 6.45) is -0.272. The maximum Gasteiger partial charge on any atom is 0.257 e. The lowest BCUT2D eigenvalue weighted by molar-refractivity contribution is -0.261. The lowest BCUT2D eigenvalue weighted by atomic mass is 9.80. The number of imidazole rings is 1. The van der Waals surface area contributed by atoms with E-state index in [0.29, 0.717) is 0 Å². The topological polar surface area (TPSA) is 95.2 Å². The molecule has 10 heteroatoms. The summed E-state index contributed by atoms with van der Waals surface area (Å²) < 4.78 is 26.7. The maximum absolute atomic E-state index is 11.3. The zero-order chi connectivity index (χ0) is 27.6. The summed E-state index contributed by atoms with van der Waals surface area (Å²) in [5.41, 5.74) is 1.55. The molecule has 2 heterocycles. The highest BCUT2D eigenvalue weighted by Gasteiger charge is 2.49. The molecule has 3 aromatic carbocycles. The SMILES string of the molecule is COc1ccc(C(OC[C@H]2O[C@](O)(n3cnc(I)c3I)C[C@@H]2O)(c2ccccc2)c2ccc(OC)cc2)cc1. The summed E-state index contributed by atoms with van der Waals surface area (Å²) in [4.78, 5) is 4.26. The molecule has 3 atom stereocenters. The van der Waals surface area contributed by atoms with E-state index in [4.69, 9.17) is 18.9 Å². The van der Waals surface area contributed by atoms with E-state index in [-0.39, 0.29) is 13.0 Å². The Morgan fingerprint density at radius 3 is 1.95 bits per heavy atom. The Labute approximate surface area is 254 Å². The smallest absolute Gasteiger partial charge is 0.257 e. The fourth-order valence-corrected chi connectivity index (χ4v) is 5.94. The lowest BCUT2D eigenvalue weighted by Crippen LogP contribution is -2.39. The zero-order valence-electron chi connectivity index (χ0n) is 21.3. The third-order valence-corrected chi connectivity index (χ3v) is 9.78. The van der Waals surface area contributed by atoms with Crippen LogP contribution in [0.5, 0.6) is 11.5 Å². The minimum absolute atomic E-state index is 0.00119. The monoisotopic (exact) mass is 754 g/mol. The number of benzene rings is 3. The summed E-state index contributed by atoms with van der Waals surface area (Å²) in [5.74, 6) is -0.296. The van der Waals surface area contributed by atoms with E-state index in [0.717, 1.165) is 35.6 Å². The van der Waals surface area contributed by atoms with Crippen molar-refractivity contribution in [1.29, 1.82) is 0 Å². The summed E-state index contributed by atoms with van der Waals surface area (Å²) in [7, 11) is 3.25. The quantitative estimate of drug-likeness (QED) is 0.186. The molecule has 1 aliphatic heterocycles. The van der Waals surface area contributed by atoms with Gasteiger partial charge in [0.05, 0.1) is 33.4 Å². The molecular weight excluding hydrogens is 726 g/mol. The lowest BCUT2D eigenvalue weighted by Gasteiger charge is -2.37. The molecule has 39 heavy (non-hydrogen) atoms. The van der Waals surface area contributed by atoms with Crippen molar-refractivity contribution < 1.29 is 29.2 Å². The number of rotatable bonds is 9. The molecule has 1 aromatic heterocycles. The second kappa shape index (κ2) is 11.7. The van der Waals surface area contributed by atoms with Crippen molar-refractivity contribution in [3.8, 4) is 11.5 Å². The summed E-state index contributed by atoms with van der Waals surface area (Å²) in [6, 6.07) is 25.3. The van der Waals surface area contributed by atoms with Crippen molar-refractivity contribution in [3.63, 3.8) is 0 Å². The van der Waals surface area contributed by atoms with E-state index in [9.17, 15) is 10.2 Å². The summed E-state index contributed by atoms with van der Waals surface area (Å²) >= 11 is 4.20. The maximum atomic E-state index is 11.3. The highest BCUT2D eigenvalue weighted by Crippen LogP contribution is 2.43. The van der Waals surface area contributed by atoms with Gasteiger partial charge in [0.15, 0.2) is 0 Å². The van der Waals surface area contributed by atoms with E-state index in [1.54, 1.807) is 14.2 Å². The molecule has 0 unspecified atom stereocenters. The molecule has 0 bridgehead atoms. The van der Waals surface area contributed by atoms with Crippen LogP contribution in [0.15, 0.2) is 85.2 Å².